The maximum Gasteiger partial charge on any atom is 0.0619 e. The van der Waals surface area contributed by atoms with Gasteiger partial charge in [0.2, 0.25) is 0 Å². The number of anilines is 6. The number of fused-ring (bicyclic) bond motifs is 2. The molecule has 46 heavy (non-hydrogen) atoms. The first-order valence-electron chi connectivity index (χ1n) is 16.3. The lowest BCUT2D eigenvalue weighted by atomic mass is 9.95. The molecule has 7 aromatic carbocycles. The van der Waals surface area contributed by atoms with Crippen LogP contribution in [0.5, 0.6) is 0 Å². The van der Waals surface area contributed by atoms with Crippen molar-refractivity contribution in [3.05, 3.63) is 169 Å². The van der Waals surface area contributed by atoms with Crippen LogP contribution in [0.4, 0.5) is 34.1 Å². The minimum atomic E-state index is 0.471. The smallest absolute Gasteiger partial charge is 0.0619 e. The molecule has 226 valence electrons. The van der Waals surface area contributed by atoms with Gasteiger partial charge in [-0.2, -0.15) is 0 Å². The van der Waals surface area contributed by atoms with E-state index in [1.807, 2.05) is 0 Å². The highest BCUT2D eigenvalue weighted by atomic mass is 15.2. The lowest BCUT2D eigenvalue weighted by molar-refractivity contribution is 0.866. The van der Waals surface area contributed by atoms with Crippen molar-refractivity contribution >= 4 is 55.7 Å². The number of hydrogen-bond donors (Lipinski definition) is 0. The van der Waals surface area contributed by atoms with Crippen molar-refractivity contribution in [2.24, 2.45) is 0 Å². The van der Waals surface area contributed by atoms with Crippen LogP contribution >= 0.6 is 0 Å². The summed E-state index contributed by atoms with van der Waals surface area (Å²) in [5, 5.41) is 4.81. The second kappa shape index (κ2) is 12.6. The van der Waals surface area contributed by atoms with E-state index < -0.39 is 0 Å². The van der Waals surface area contributed by atoms with E-state index in [0.717, 1.165) is 22.7 Å². The van der Waals surface area contributed by atoms with Gasteiger partial charge in [0.25, 0.3) is 0 Å². The molecule has 0 aliphatic heterocycles. The van der Waals surface area contributed by atoms with Crippen LogP contribution < -0.4 is 9.80 Å². The van der Waals surface area contributed by atoms with Gasteiger partial charge < -0.3 is 9.80 Å². The summed E-state index contributed by atoms with van der Waals surface area (Å²) < 4.78 is 0. The normalized spacial score (nSPS) is 11.4. The van der Waals surface area contributed by atoms with Gasteiger partial charge >= 0.3 is 0 Å². The van der Waals surface area contributed by atoms with E-state index in [1.165, 1.54) is 44.0 Å². The molecule has 0 bridgehead atoms. The fraction of sp³-hybridized carbons (Fsp3) is 0.136. The molecule has 2 nitrogen and oxygen atoms in total. The average Bonchev–Trinajstić information content (AvgIpc) is 3.10. The van der Waals surface area contributed by atoms with Crippen molar-refractivity contribution in [1.29, 1.82) is 0 Å². The Morgan fingerprint density at radius 1 is 0.304 bits per heavy atom. The zero-order valence-corrected chi connectivity index (χ0v) is 27.1. The summed E-state index contributed by atoms with van der Waals surface area (Å²) in [6.45, 7) is 8.99. The first-order valence-corrected chi connectivity index (χ1v) is 16.3. The predicted molar refractivity (Wildman–Crippen MR) is 199 cm³/mol. The molecule has 0 spiro atoms. The van der Waals surface area contributed by atoms with Gasteiger partial charge in [-0.3, -0.25) is 0 Å². The van der Waals surface area contributed by atoms with Crippen LogP contribution in [-0.4, -0.2) is 0 Å². The van der Waals surface area contributed by atoms with Crippen molar-refractivity contribution in [3.8, 4) is 0 Å². The van der Waals surface area contributed by atoms with E-state index in [4.69, 9.17) is 0 Å². The molecule has 0 aliphatic rings. The SMILES string of the molecule is CC(C)c1ccc(N(c2ccccc2)c2c3ccccc3c(N(c3ccccc3)c3ccc(C(C)C)cc3)c3ccccc23)cc1. The molecule has 2 heteroatoms. The first kappa shape index (κ1) is 29.4. The zero-order chi connectivity index (χ0) is 31.6. The van der Waals surface area contributed by atoms with Crippen LogP contribution in [0.15, 0.2) is 158 Å². The Kier molecular flexibility index (Phi) is 8.03. The van der Waals surface area contributed by atoms with Crippen molar-refractivity contribution < 1.29 is 0 Å². The molecular formula is C44H40N2. The Morgan fingerprint density at radius 3 is 0.848 bits per heavy atom. The third-order valence-corrected chi connectivity index (χ3v) is 8.99. The fourth-order valence-corrected chi connectivity index (χ4v) is 6.55. The van der Waals surface area contributed by atoms with Gasteiger partial charge in [0, 0.05) is 44.3 Å². The van der Waals surface area contributed by atoms with Gasteiger partial charge in [-0.25, -0.2) is 0 Å². The quantitative estimate of drug-likeness (QED) is 0.127. The minimum Gasteiger partial charge on any atom is -0.309 e. The molecule has 7 aromatic rings. The number of rotatable bonds is 8. The van der Waals surface area contributed by atoms with E-state index in [1.54, 1.807) is 0 Å². The number of para-hydroxylation sites is 2. The van der Waals surface area contributed by atoms with Gasteiger partial charge in [-0.1, -0.05) is 137 Å². The monoisotopic (exact) mass is 596 g/mol. The Bertz CT molecular complexity index is 1870. The van der Waals surface area contributed by atoms with E-state index in [9.17, 15) is 0 Å². The Morgan fingerprint density at radius 2 is 0.565 bits per heavy atom. The second-order valence-electron chi connectivity index (χ2n) is 12.6. The van der Waals surface area contributed by atoms with E-state index in [0.29, 0.717) is 11.8 Å². The topological polar surface area (TPSA) is 6.48 Å². The summed E-state index contributed by atoms with van der Waals surface area (Å²) >= 11 is 0. The van der Waals surface area contributed by atoms with Crippen LogP contribution in [0.25, 0.3) is 21.5 Å². The first-order chi connectivity index (χ1) is 22.5. The molecule has 0 saturated heterocycles. The Labute approximate surface area is 273 Å². The molecule has 0 unspecified atom stereocenters. The highest BCUT2D eigenvalue weighted by molar-refractivity contribution is 6.23. The highest BCUT2D eigenvalue weighted by Crippen LogP contribution is 2.50. The third-order valence-electron chi connectivity index (χ3n) is 8.99. The summed E-state index contributed by atoms with van der Waals surface area (Å²) in [4.78, 5) is 4.87. The molecule has 0 aliphatic carbocycles. The number of nitrogens with zero attached hydrogens (tertiary/aromatic N) is 2. The van der Waals surface area contributed by atoms with Crippen LogP contribution in [0.3, 0.4) is 0 Å². The minimum absolute atomic E-state index is 0.471. The van der Waals surface area contributed by atoms with Gasteiger partial charge in [0.1, 0.15) is 0 Å². The fourth-order valence-electron chi connectivity index (χ4n) is 6.55. The van der Waals surface area contributed by atoms with Crippen LogP contribution in [0.1, 0.15) is 50.7 Å². The molecule has 0 atom stereocenters. The summed E-state index contributed by atoms with van der Waals surface area (Å²) in [7, 11) is 0. The van der Waals surface area contributed by atoms with Crippen LogP contribution in [-0.2, 0) is 0 Å². The third kappa shape index (κ3) is 5.41. The largest absolute Gasteiger partial charge is 0.309 e. The molecule has 0 fully saturated rings. The predicted octanol–water partition coefficient (Wildman–Crippen LogP) is 13.2. The number of hydrogen-bond acceptors (Lipinski definition) is 2. The lowest BCUT2D eigenvalue weighted by Gasteiger charge is -2.33. The summed E-state index contributed by atoms with van der Waals surface area (Å²) in [5.41, 5.74) is 9.58. The molecular weight excluding hydrogens is 556 g/mol. The van der Waals surface area contributed by atoms with E-state index >= 15 is 0 Å². The van der Waals surface area contributed by atoms with E-state index in [-0.39, 0.29) is 0 Å². The highest BCUT2D eigenvalue weighted by Gasteiger charge is 2.25. The van der Waals surface area contributed by atoms with Crippen molar-refractivity contribution in [2.45, 2.75) is 39.5 Å². The molecule has 0 N–H and O–H groups in total. The van der Waals surface area contributed by atoms with Crippen LogP contribution in [0, 0.1) is 0 Å². The second-order valence-corrected chi connectivity index (χ2v) is 12.6. The zero-order valence-electron chi connectivity index (χ0n) is 27.1. The van der Waals surface area contributed by atoms with Gasteiger partial charge in [-0.15, -0.1) is 0 Å². The number of benzene rings is 7. The van der Waals surface area contributed by atoms with Gasteiger partial charge in [-0.05, 0) is 71.5 Å². The molecule has 0 amide bonds. The molecule has 0 heterocycles. The van der Waals surface area contributed by atoms with Gasteiger partial charge in [0.05, 0.1) is 11.4 Å². The average molecular weight is 597 g/mol. The van der Waals surface area contributed by atoms with Crippen molar-refractivity contribution in [1.82, 2.24) is 0 Å². The summed E-state index contributed by atoms with van der Waals surface area (Å²) in [6.07, 6.45) is 0. The maximum atomic E-state index is 2.43. The summed E-state index contributed by atoms with van der Waals surface area (Å²) in [5.74, 6) is 0.942. The Balaban J connectivity index is 1.56. The summed E-state index contributed by atoms with van der Waals surface area (Å²) in [6, 6.07) is 57.5. The molecule has 0 saturated carbocycles. The van der Waals surface area contributed by atoms with Crippen LogP contribution in [0.2, 0.25) is 0 Å². The van der Waals surface area contributed by atoms with E-state index in [2.05, 4.69) is 195 Å². The standard InChI is InChI=1S/C44H40N2/c1-31(2)33-23-27-37(28-24-33)45(35-15-7-5-8-16-35)43-39-19-11-13-21-41(39)44(42-22-14-12-20-40(42)43)46(36-17-9-6-10-18-36)38-29-25-34(26-30-38)32(3)4/h5-32H,1-4H3. The molecule has 7 rings (SSSR count). The molecule has 0 aromatic heterocycles. The van der Waals surface area contributed by atoms with Crippen molar-refractivity contribution in [3.63, 3.8) is 0 Å². The lowest BCUT2D eigenvalue weighted by Crippen LogP contribution is -2.14. The Hall–Kier alpha value is -5.34. The molecule has 0 radical (unpaired) electrons. The van der Waals surface area contributed by atoms with Gasteiger partial charge in [0.15, 0.2) is 0 Å². The maximum absolute atomic E-state index is 2.43. The van der Waals surface area contributed by atoms with Crippen molar-refractivity contribution in [2.75, 3.05) is 9.80 Å².